The van der Waals surface area contributed by atoms with Gasteiger partial charge in [0.05, 0.1) is 17.4 Å². The number of hydrogen-bond acceptors (Lipinski definition) is 5. The summed E-state index contributed by atoms with van der Waals surface area (Å²) in [5.74, 6) is -0.371. The number of sulfonamides is 1. The average Bonchev–Trinajstić information content (AvgIpc) is 2.54. The Morgan fingerprint density at radius 1 is 1.17 bits per heavy atom. The molecule has 142 valence electrons. The summed E-state index contributed by atoms with van der Waals surface area (Å²) < 4.78 is 32.0. The van der Waals surface area contributed by atoms with E-state index in [0.29, 0.717) is 26.0 Å². The Bertz CT molecular complexity index is 489. The van der Waals surface area contributed by atoms with Gasteiger partial charge in [-0.3, -0.25) is 4.79 Å². The SMILES string of the molecule is Cl.NC1(C(=O)NCCS(=O)(=O)NCC2CCCCO2)CCCCC1. The summed E-state index contributed by atoms with van der Waals surface area (Å²) in [6.45, 7) is 1.08. The average molecular weight is 384 g/mol. The number of hydrogen-bond donors (Lipinski definition) is 3. The summed E-state index contributed by atoms with van der Waals surface area (Å²) in [5.41, 5.74) is 5.29. The fourth-order valence-corrected chi connectivity index (χ4v) is 4.10. The zero-order chi connectivity index (χ0) is 16.8. The van der Waals surface area contributed by atoms with Crippen LogP contribution in [0.25, 0.3) is 0 Å². The first-order valence-corrected chi connectivity index (χ1v) is 10.2. The van der Waals surface area contributed by atoms with Gasteiger partial charge in [-0.2, -0.15) is 0 Å². The lowest BCUT2D eigenvalue weighted by Gasteiger charge is -2.31. The second-order valence-corrected chi connectivity index (χ2v) is 8.56. The number of carbonyl (C=O) groups excluding carboxylic acids is 1. The van der Waals surface area contributed by atoms with Crippen LogP contribution in [0.1, 0.15) is 51.4 Å². The van der Waals surface area contributed by atoms with Gasteiger partial charge >= 0.3 is 0 Å². The smallest absolute Gasteiger partial charge is 0.240 e. The van der Waals surface area contributed by atoms with Gasteiger partial charge in [-0.25, -0.2) is 13.1 Å². The standard InChI is InChI=1S/C15H29N3O4S.ClH/c16-15(7-3-1-4-8-15)14(19)17-9-11-23(20,21)18-12-13-6-2-5-10-22-13;/h13,18H,1-12,16H2,(H,17,19);1H. The van der Waals surface area contributed by atoms with Crippen molar-refractivity contribution in [3.05, 3.63) is 0 Å². The van der Waals surface area contributed by atoms with Gasteiger partial charge in [0.15, 0.2) is 0 Å². The molecule has 0 bridgehead atoms. The Labute approximate surface area is 150 Å². The lowest BCUT2D eigenvalue weighted by atomic mass is 9.82. The van der Waals surface area contributed by atoms with Crippen LogP contribution in [0.2, 0.25) is 0 Å². The molecule has 2 aliphatic rings. The largest absolute Gasteiger partial charge is 0.377 e. The van der Waals surface area contributed by atoms with Crippen LogP contribution in [-0.2, 0) is 19.6 Å². The molecule has 1 amide bonds. The third-order valence-corrected chi connectivity index (χ3v) is 6.01. The predicted molar refractivity (Wildman–Crippen MR) is 95.6 cm³/mol. The van der Waals surface area contributed by atoms with Crippen LogP contribution < -0.4 is 15.8 Å². The minimum absolute atomic E-state index is 0. The van der Waals surface area contributed by atoms with Crippen molar-refractivity contribution in [1.29, 1.82) is 0 Å². The molecule has 0 spiro atoms. The lowest BCUT2D eigenvalue weighted by molar-refractivity contribution is -0.127. The molecule has 1 aliphatic heterocycles. The molecule has 2 rings (SSSR count). The van der Waals surface area contributed by atoms with Crippen LogP contribution in [0.4, 0.5) is 0 Å². The van der Waals surface area contributed by atoms with Crippen LogP contribution in [0.15, 0.2) is 0 Å². The van der Waals surface area contributed by atoms with E-state index >= 15 is 0 Å². The second-order valence-electron chi connectivity index (χ2n) is 6.63. The molecule has 24 heavy (non-hydrogen) atoms. The summed E-state index contributed by atoms with van der Waals surface area (Å²) >= 11 is 0. The van der Waals surface area contributed by atoms with E-state index in [1.807, 2.05) is 0 Å². The van der Waals surface area contributed by atoms with Gasteiger partial charge in [0.25, 0.3) is 0 Å². The summed E-state index contributed by atoms with van der Waals surface area (Å²) in [4.78, 5) is 12.1. The van der Waals surface area contributed by atoms with Crippen LogP contribution in [-0.4, -0.2) is 51.4 Å². The maximum absolute atomic E-state index is 12.1. The van der Waals surface area contributed by atoms with E-state index in [0.717, 1.165) is 38.5 Å². The molecule has 0 radical (unpaired) electrons. The molecule has 2 fully saturated rings. The zero-order valence-electron chi connectivity index (χ0n) is 14.1. The Kier molecular flexibility index (Phi) is 8.94. The van der Waals surface area contributed by atoms with Gasteiger partial charge in [-0.1, -0.05) is 19.3 Å². The first kappa shape index (κ1) is 21.6. The van der Waals surface area contributed by atoms with Crippen molar-refractivity contribution < 1.29 is 17.9 Å². The highest BCUT2D eigenvalue weighted by atomic mass is 35.5. The molecule has 4 N–H and O–H groups in total. The van der Waals surface area contributed by atoms with E-state index in [1.165, 1.54) is 0 Å². The third kappa shape index (κ3) is 6.84. The van der Waals surface area contributed by atoms with Gasteiger partial charge in [-0.05, 0) is 32.1 Å². The van der Waals surface area contributed by atoms with Crippen LogP contribution in [0, 0.1) is 0 Å². The number of carbonyl (C=O) groups is 1. The third-order valence-electron chi connectivity index (χ3n) is 4.66. The fourth-order valence-electron chi connectivity index (χ4n) is 3.15. The van der Waals surface area contributed by atoms with Gasteiger partial charge in [0.1, 0.15) is 0 Å². The van der Waals surface area contributed by atoms with E-state index in [2.05, 4.69) is 10.0 Å². The molecule has 1 heterocycles. The van der Waals surface area contributed by atoms with E-state index in [9.17, 15) is 13.2 Å². The summed E-state index contributed by atoms with van der Waals surface area (Å²) in [6.07, 6.45) is 7.30. The summed E-state index contributed by atoms with van der Waals surface area (Å²) in [5, 5.41) is 2.67. The molecular weight excluding hydrogens is 354 g/mol. The van der Waals surface area contributed by atoms with Gasteiger partial charge in [0.2, 0.25) is 15.9 Å². The van der Waals surface area contributed by atoms with Crippen LogP contribution in [0.5, 0.6) is 0 Å². The molecular formula is C15H30ClN3O4S. The van der Waals surface area contributed by atoms with E-state index in [-0.39, 0.29) is 36.7 Å². The van der Waals surface area contributed by atoms with E-state index in [1.54, 1.807) is 0 Å². The summed E-state index contributed by atoms with van der Waals surface area (Å²) in [7, 11) is -3.41. The Hall–Kier alpha value is -0.410. The quantitative estimate of drug-likeness (QED) is 0.598. The minimum atomic E-state index is -3.41. The number of amides is 1. The molecule has 1 atom stereocenters. The molecule has 0 aromatic carbocycles. The number of nitrogens with two attached hydrogens (primary N) is 1. The number of nitrogens with one attached hydrogen (secondary N) is 2. The van der Waals surface area contributed by atoms with E-state index < -0.39 is 15.6 Å². The highest BCUT2D eigenvalue weighted by Gasteiger charge is 2.35. The summed E-state index contributed by atoms with van der Waals surface area (Å²) in [6, 6.07) is 0. The Balaban J connectivity index is 0.00000288. The number of rotatable bonds is 7. The molecule has 1 saturated heterocycles. The Morgan fingerprint density at radius 3 is 2.50 bits per heavy atom. The van der Waals surface area contributed by atoms with Crippen molar-refractivity contribution in [3.8, 4) is 0 Å². The first-order valence-electron chi connectivity index (χ1n) is 8.57. The van der Waals surface area contributed by atoms with Crippen molar-refractivity contribution in [2.45, 2.75) is 63.0 Å². The number of ether oxygens (including phenoxy) is 1. The van der Waals surface area contributed by atoms with Crippen molar-refractivity contribution in [2.24, 2.45) is 5.73 Å². The highest BCUT2D eigenvalue weighted by Crippen LogP contribution is 2.25. The molecule has 9 heteroatoms. The fraction of sp³-hybridized carbons (Fsp3) is 0.933. The first-order chi connectivity index (χ1) is 10.9. The molecule has 0 aromatic heterocycles. The molecule has 1 saturated carbocycles. The molecule has 7 nitrogen and oxygen atoms in total. The minimum Gasteiger partial charge on any atom is -0.377 e. The maximum atomic E-state index is 12.1. The van der Waals surface area contributed by atoms with Crippen molar-refractivity contribution >= 4 is 28.3 Å². The van der Waals surface area contributed by atoms with E-state index in [4.69, 9.17) is 10.5 Å². The van der Waals surface area contributed by atoms with Gasteiger partial charge in [0, 0.05) is 19.7 Å². The molecule has 0 aromatic rings. The zero-order valence-corrected chi connectivity index (χ0v) is 15.7. The monoisotopic (exact) mass is 383 g/mol. The highest BCUT2D eigenvalue weighted by molar-refractivity contribution is 7.89. The normalized spacial score (nSPS) is 24.0. The second kappa shape index (κ2) is 9.91. The Morgan fingerprint density at radius 2 is 1.88 bits per heavy atom. The molecule has 1 unspecified atom stereocenters. The molecule has 1 aliphatic carbocycles. The maximum Gasteiger partial charge on any atom is 0.240 e. The lowest BCUT2D eigenvalue weighted by Crippen LogP contribution is -2.55. The predicted octanol–water partition coefficient (Wildman–Crippen LogP) is 0.674. The van der Waals surface area contributed by atoms with Gasteiger partial charge in [-0.15, -0.1) is 12.4 Å². The van der Waals surface area contributed by atoms with Crippen molar-refractivity contribution in [2.75, 3.05) is 25.4 Å². The number of halogens is 1. The van der Waals surface area contributed by atoms with Crippen LogP contribution in [0.3, 0.4) is 0 Å². The topological polar surface area (TPSA) is 111 Å². The van der Waals surface area contributed by atoms with Gasteiger partial charge < -0.3 is 15.8 Å². The van der Waals surface area contributed by atoms with Crippen LogP contribution >= 0.6 is 12.4 Å². The van der Waals surface area contributed by atoms with Crippen molar-refractivity contribution in [1.82, 2.24) is 10.0 Å². The van der Waals surface area contributed by atoms with Crippen molar-refractivity contribution in [3.63, 3.8) is 0 Å².